The zero-order chi connectivity index (χ0) is 15.1. The summed E-state index contributed by atoms with van der Waals surface area (Å²) < 4.78 is 16.2. The van der Waals surface area contributed by atoms with Crippen molar-refractivity contribution >= 4 is 5.97 Å². The van der Waals surface area contributed by atoms with Crippen molar-refractivity contribution in [3.63, 3.8) is 0 Å². The first-order valence-electron chi connectivity index (χ1n) is 6.99. The number of rotatable bonds is 7. The van der Waals surface area contributed by atoms with Gasteiger partial charge < -0.3 is 14.2 Å². The quantitative estimate of drug-likeness (QED) is 0.434. The number of hydrogen-bond donors (Lipinski definition) is 0. The lowest BCUT2D eigenvalue weighted by Crippen LogP contribution is -2.24. The fourth-order valence-electron chi connectivity index (χ4n) is 1.56. The molecule has 4 nitrogen and oxygen atoms in total. The van der Waals surface area contributed by atoms with Crippen LogP contribution in [0.25, 0.3) is 0 Å². The molecule has 112 valence electrons. The van der Waals surface area contributed by atoms with Crippen molar-refractivity contribution in [2.75, 3.05) is 7.11 Å². The Labute approximate surface area is 121 Å². The second kappa shape index (κ2) is 7.90. The third-order valence-electron chi connectivity index (χ3n) is 3.09. The molecule has 0 spiro atoms. The van der Waals surface area contributed by atoms with Gasteiger partial charge in [-0.2, -0.15) is 0 Å². The lowest BCUT2D eigenvalue weighted by molar-refractivity contribution is -0.138. The van der Waals surface area contributed by atoms with E-state index in [2.05, 4.69) is 0 Å². The van der Waals surface area contributed by atoms with E-state index in [0.717, 1.165) is 6.42 Å². The molecule has 1 aromatic rings. The van der Waals surface area contributed by atoms with Gasteiger partial charge in [-0.05, 0) is 30.7 Å². The van der Waals surface area contributed by atoms with Gasteiger partial charge >= 0.3 is 5.97 Å². The molecule has 2 atom stereocenters. The predicted molar refractivity (Wildman–Crippen MR) is 77.8 cm³/mol. The van der Waals surface area contributed by atoms with Gasteiger partial charge in [0, 0.05) is 13.0 Å². The Balaban J connectivity index is 2.62. The Hall–Kier alpha value is -1.55. The summed E-state index contributed by atoms with van der Waals surface area (Å²) in [6.07, 6.45) is 0.479. The monoisotopic (exact) mass is 280 g/mol. The maximum atomic E-state index is 11.7. The van der Waals surface area contributed by atoms with Gasteiger partial charge in [-0.15, -0.1) is 0 Å². The van der Waals surface area contributed by atoms with Crippen molar-refractivity contribution in [2.45, 2.75) is 40.4 Å². The van der Waals surface area contributed by atoms with Crippen LogP contribution >= 0.6 is 0 Å². The summed E-state index contributed by atoms with van der Waals surface area (Å²) >= 11 is 0. The first-order chi connectivity index (χ1) is 9.47. The molecule has 0 saturated heterocycles. The van der Waals surface area contributed by atoms with Crippen LogP contribution in [0.5, 0.6) is 11.5 Å². The molecule has 1 rings (SSSR count). The number of esters is 1. The van der Waals surface area contributed by atoms with Crippen LogP contribution in [0.2, 0.25) is 0 Å². The summed E-state index contributed by atoms with van der Waals surface area (Å²) in [5.41, 5.74) is 0. The second-order valence-electron chi connectivity index (χ2n) is 5.17. The lowest BCUT2D eigenvalue weighted by Gasteiger charge is -2.20. The zero-order valence-electron chi connectivity index (χ0n) is 12.9. The highest BCUT2D eigenvalue weighted by atomic mass is 16.7. The van der Waals surface area contributed by atoms with Crippen LogP contribution in [0, 0.1) is 11.8 Å². The molecule has 0 aliphatic heterocycles. The van der Waals surface area contributed by atoms with Gasteiger partial charge in [-0.25, -0.2) is 0 Å². The third-order valence-corrected chi connectivity index (χ3v) is 3.09. The molecule has 0 N–H and O–H groups in total. The van der Waals surface area contributed by atoms with Gasteiger partial charge in [-0.1, -0.05) is 27.7 Å². The van der Waals surface area contributed by atoms with Gasteiger partial charge in [0.05, 0.1) is 5.92 Å². The number of hydrogen-bond acceptors (Lipinski definition) is 4. The number of ether oxygens (including phenoxy) is 3. The third kappa shape index (κ3) is 4.85. The Morgan fingerprint density at radius 3 is 2.10 bits per heavy atom. The van der Waals surface area contributed by atoms with Crippen molar-refractivity contribution in [3.8, 4) is 11.5 Å². The highest BCUT2D eigenvalue weighted by Gasteiger charge is 2.15. The van der Waals surface area contributed by atoms with E-state index in [0.29, 0.717) is 11.5 Å². The molecule has 0 aliphatic rings. The SMILES string of the molecule is CCC(C)C(=O)Oc1ccc(OC(OC)C(C)C)cc1. The van der Waals surface area contributed by atoms with Gasteiger partial charge in [0.25, 0.3) is 0 Å². The van der Waals surface area contributed by atoms with Crippen LogP contribution in [-0.4, -0.2) is 19.4 Å². The van der Waals surface area contributed by atoms with Crippen LogP contribution in [0.4, 0.5) is 0 Å². The average Bonchev–Trinajstić information content (AvgIpc) is 2.45. The van der Waals surface area contributed by atoms with Gasteiger partial charge in [0.15, 0.2) is 0 Å². The van der Waals surface area contributed by atoms with Crippen molar-refractivity contribution in [1.82, 2.24) is 0 Å². The lowest BCUT2D eigenvalue weighted by atomic mass is 10.1. The van der Waals surface area contributed by atoms with E-state index in [4.69, 9.17) is 14.2 Å². The molecular weight excluding hydrogens is 256 g/mol. The first kappa shape index (κ1) is 16.5. The van der Waals surface area contributed by atoms with E-state index < -0.39 is 0 Å². The fraction of sp³-hybridized carbons (Fsp3) is 0.562. The largest absolute Gasteiger partial charge is 0.465 e. The molecule has 0 amide bonds. The molecule has 0 radical (unpaired) electrons. The van der Waals surface area contributed by atoms with Crippen LogP contribution in [0.15, 0.2) is 24.3 Å². The minimum Gasteiger partial charge on any atom is -0.465 e. The number of carbonyl (C=O) groups is 1. The summed E-state index contributed by atoms with van der Waals surface area (Å²) in [6, 6.07) is 6.99. The molecule has 0 bridgehead atoms. The molecule has 1 aromatic carbocycles. The summed E-state index contributed by atoms with van der Waals surface area (Å²) in [5, 5.41) is 0. The highest BCUT2D eigenvalue weighted by molar-refractivity contribution is 5.74. The Morgan fingerprint density at radius 2 is 1.65 bits per heavy atom. The van der Waals surface area contributed by atoms with Gasteiger partial charge in [-0.3, -0.25) is 4.79 Å². The Morgan fingerprint density at radius 1 is 1.10 bits per heavy atom. The van der Waals surface area contributed by atoms with E-state index in [1.165, 1.54) is 0 Å². The smallest absolute Gasteiger partial charge is 0.314 e. The Bertz CT molecular complexity index is 411. The molecule has 0 heterocycles. The topological polar surface area (TPSA) is 44.8 Å². The van der Waals surface area contributed by atoms with Crippen LogP contribution in [-0.2, 0) is 9.53 Å². The maximum Gasteiger partial charge on any atom is 0.314 e. The van der Waals surface area contributed by atoms with E-state index in [9.17, 15) is 4.79 Å². The van der Waals surface area contributed by atoms with Crippen molar-refractivity contribution in [2.24, 2.45) is 11.8 Å². The summed E-state index contributed by atoms with van der Waals surface area (Å²) in [6.45, 7) is 7.86. The highest BCUT2D eigenvalue weighted by Crippen LogP contribution is 2.21. The minimum absolute atomic E-state index is 0.0928. The fourth-order valence-corrected chi connectivity index (χ4v) is 1.56. The normalized spacial score (nSPS) is 13.9. The molecule has 0 aromatic heterocycles. The molecule has 2 unspecified atom stereocenters. The first-order valence-corrected chi connectivity index (χ1v) is 6.99. The Kier molecular flexibility index (Phi) is 6.52. The molecular formula is C16H24O4. The molecule has 0 fully saturated rings. The van der Waals surface area contributed by atoms with Crippen LogP contribution in [0.1, 0.15) is 34.1 Å². The molecule has 0 aliphatic carbocycles. The minimum atomic E-state index is -0.288. The van der Waals surface area contributed by atoms with Crippen LogP contribution < -0.4 is 9.47 Å². The molecule has 0 saturated carbocycles. The summed E-state index contributed by atoms with van der Waals surface area (Å²) in [4.78, 5) is 11.7. The maximum absolute atomic E-state index is 11.7. The standard InChI is InChI=1S/C16H24O4/c1-6-12(4)15(17)19-13-7-9-14(10-8-13)20-16(18-5)11(2)3/h7-12,16H,6H2,1-5H3. The van der Waals surface area contributed by atoms with Crippen LogP contribution in [0.3, 0.4) is 0 Å². The van der Waals surface area contributed by atoms with Crippen molar-refractivity contribution in [1.29, 1.82) is 0 Å². The van der Waals surface area contributed by atoms with Crippen molar-refractivity contribution < 1.29 is 19.0 Å². The second-order valence-corrected chi connectivity index (χ2v) is 5.17. The number of methoxy groups -OCH3 is 1. The van der Waals surface area contributed by atoms with E-state index >= 15 is 0 Å². The van der Waals surface area contributed by atoms with Crippen molar-refractivity contribution in [3.05, 3.63) is 24.3 Å². The molecule has 4 heteroatoms. The average molecular weight is 280 g/mol. The predicted octanol–water partition coefficient (Wildman–Crippen LogP) is 3.65. The van der Waals surface area contributed by atoms with Gasteiger partial charge in [0.1, 0.15) is 11.5 Å². The summed E-state index contributed by atoms with van der Waals surface area (Å²) in [7, 11) is 1.62. The molecule has 20 heavy (non-hydrogen) atoms. The number of carbonyl (C=O) groups excluding carboxylic acids is 1. The van der Waals surface area contributed by atoms with E-state index in [1.54, 1.807) is 31.4 Å². The zero-order valence-corrected chi connectivity index (χ0v) is 12.9. The van der Waals surface area contributed by atoms with Gasteiger partial charge in [0.2, 0.25) is 6.29 Å². The number of benzene rings is 1. The van der Waals surface area contributed by atoms with E-state index in [-0.39, 0.29) is 24.1 Å². The summed E-state index contributed by atoms with van der Waals surface area (Å²) in [5.74, 6) is 1.17. The van der Waals surface area contributed by atoms with E-state index in [1.807, 2.05) is 27.7 Å².